The van der Waals surface area contributed by atoms with E-state index >= 15 is 0 Å². The lowest BCUT2D eigenvalue weighted by Gasteiger charge is -2.25. The lowest BCUT2D eigenvalue weighted by atomic mass is 10.2. The first-order valence-corrected chi connectivity index (χ1v) is 6.76. The Hall–Kier alpha value is -1.63. The predicted octanol–water partition coefficient (Wildman–Crippen LogP) is 2.60. The summed E-state index contributed by atoms with van der Waals surface area (Å²) in [5.41, 5.74) is -0.556. The summed E-state index contributed by atoms with van der Waals surface area (Å²) in [6.45, 7) is 7.94. The summed E-state index contributed by atoms with van der Waals surface area (Å²) in [4.78, 5) is 28.1. The fraction of sp³-hybridized carbons (Fsp3) is 0.583. The highest BCUT2D eigenvalue weighted by molar-refractivity contribution is 7.09. The van der Waals surface area contributed by atoms with Crippen molar-refractivity contribution in [3.8, 4) is 0 Å². The summed E-state index contributed by atoms with van der Waals surface area (Å²) in [5, 5.41) is 10.8. The van der Waals surface area contributed by atoms with Crippen LogP contribution in [-0.4, -0.2) is 39.2 Å². The van der Waals surface area contributed by atoms with Crippen molar-refractivity contribution in [3.05, 3.63) is 16.1 Å². The molecule has 0 atom stereocenters. The largest absolute Gasteiger partial charge is 0.476 e. The average Bonchev–Trinajstić information content (AvgIpc) is 2.71. The first-order chi connectivity index (χ1) is 8.73. The van der Waals surface area contributed by atoms with Crippen LogP contribution in [0.1, 0.15) is 43.2 Å². The molecular formula is C12H18N2O4S. The van der Waals surface area contributed by atoms with Crippen LogP contribution in [-0.2, 0) is 11.3 Å². The number of aromatic carboxylic acids is 1. The number of hydrogen-bond acceptors (Lipinski definition) is 5. The van der Waals surface area contributed by atoms with Gasteiger partial charge in [-0.3, -0.25) is 0 Å². The second-order valence-electron chi connectivity index (χ2n) is 4.93. The first kappa shape index (κ1) is 15.4. The van der Waals surface area contributed by atoms with Gasteiger partial charge in [-0.1, -0.05) is 0 Å². The Morgan fingerprint density at radius 3 is 2.53 bits per heavy atom. The maximum Gasteiger partial charge on any atom is 0.410 e. The van der Waals surface area contributed by atoms with Crippen LogP contribution < -0.4 is 0 Å². The molecule has 0 spiro atoms. The molecule has 19 heavy (non-hydrogen) atoms. The summed E-state index contributed by atoms with van der Waals surface area (Å²) >= 11 is 1.22. The van der Waals surface area contributed by atoms with Crippen molar-refractivity contribution in [2.45, 2.75) is 39.8 Å². The normalized spacial score (nSPS) is 11.2. The van der Waals surface area contributed by atoms with Crippen molar-refractivity contribution in [2.75, 3.05) is 6.54 Å². The molecule has 0 saturated carbocycles. The Morgan fingerprint density at radius 2 is 2.11 bits per heavy atom. The van der Waals surface area contributed by atoms with E-state index in [1.807, 2.05) is 6.92 Å². The molecule has 0 aliphatic heterocycles. The molecule has 1 aromatic rings. The van der Waals surface area contributed by atoms with Crippen molar-refractivity contribution in [3.63, 3.8) is 0 Å². The van der Waals surface area contributed by atoms with Crippen LogP contribution in [0.5, 0.6) is 0 Å². The van der Waals surface area contributed by atoms with Crippen LogP contribution >= 0.6 is 11.3 Å². The maximum absolute atomic E-state index is 11.9. The average molecular weight is 286 g/mol. The molecule has 0 aliphatic rings. The number of carbonyl (C=O) groups is 2. The van der Waals surface area contributed by atoms with Crippen molar-refractivity contribution in [2.24, 2.45) is 0 Å². The highest BCUT2D eigenvalue weighted by Gasteiger charge is 2.22. The molecule has 1 aromatic heterocycles. The summed E-state index contributed by atoms with van der Waals surface area (Å²) in [7, 11) is 0. The predicted molar refractivity (Wildman–Crippen MR) is 71.4 cm³/mol. The quantitative estimate of drug-likeness (QED) is 0.920. The minimum Gasteiger partial charge on any atom is -0.476 e. The van der Waals surface area contributed by atoms with Crippen LogP contribution in [0, 0.1) is 0 Å². The number of amides is 1. The fourth-order valence-electron chi connectivity index (χ4n) is 1.28. The Labute approximate surface area is 116 Å². The second kappa shape index (κ2) is 6.01. The lowest BCUT2D eigenvalue weighted by molar-refractivity contribution is 0.0244. The SMILES string of the molecule is CCN(Cc1nc(C(=O)O)cs1)C(=O)OC(C)(C)C. The number of carboxylic acids is 1. The van der Waals surface area contributed by atoms with Crippen LogP contribution in [0.2, 0.25) is 0 Å². The van der Waals surface area contributed by atoms with Crippen molar-refractivity contribution < 1.29 is 19.4 Å². The van der Waals surface area contributed by atoms with E-state index in [4.69, 9.17) is 9.84 Å². The van der Waals surface area contributed by atoms with Crippen molar-refractivity contribution >= 4 is 23.4 Å². The van der Waals surface area contributed by atoms with Crippen LogP contribution in [0.15, 0.2) is 5.38 Å². The highest BCUT2D eigenvalue weighted by Crippen LogP contribution is 2.15. The molecule has 0 bridgehead atoms. The van der Waals surface area contributed by atoms with Crippen LogP contribution in [0.3, 0.4) is 0 Å². The smallest absolute Gasteiger partial charge is 0.410 e. The minimum absolute atomic E-state index is 0.000224. The number of thiazole rings is 1. The number of nitrogens with zero attached hydrogens (tertiary/aromatic N) is 2. The third-order valence-electron chi connectivity index (χ3n) is 2.13. The maximum atomic E-state index is 11.9. The van der Waals surface area contributed by atoms with Crippen molar-refractivity contribution in [1.29, 1.82) is 0 Å². The number of ether oxygens (including phenoxy) is 1. The second-order valence-corrected chi connectivity index (χ2v) is 5.87. The number of aromatic nitrogens is 1. The molecular weight excluding hydrogens is 268 g/mol. The number of carbonyl (C=O) groups excluding carboxylic acids is 1. The van der Waals surface area contributed by atoms with E-state index in [-0.39, 0.29) is 12.2 Å². The number of rotatable bonds is 4. The topological polar surface area (TPSA) is 79.7 Å². The molecule has 0 saturated heterocycles. The molecule has 106 valence electrons. The lowest BCUT2D eigenvalue weighted by Crippen LogP contribution is -2.36. The number of carboxylic acid groups (broad SMARTS) is 1. The summed E-state index contributed by atoms with van der Waals surface area (Å²) in [6.07, 6.45) is -0.429. The Morgan fingerprint density at radius 1 is 1.47 bits per heavy atom. The van der Waals surface area contributed by atoms with Gasteiger partial charge in [-0.2, -0.15) is 0 Å². The van der Waals surface area contributed by atoms with Gasteiger partial charge in [-0.15, -0.1) is 11.3 Å². The molecule has 0 aliphatic carbocycles. The van der Waals surface area contributed by atoms with Gasteiger partial charge in [0, 0.05) is 11.9 Å². The molecule has 6 nitrogen and oxygen atoms in total. The number of hydrogen-bond donors (Lipinski definition) is 1. The van der Waals surface area contributed by atoms with E-state index in [1.54, 1.807) is 20.8 Å². The third-order valence-corrected chi connectivity index (χ3v) is 2.96. The van der Waals surface area contributed by atoms with Gasteiger partial charge in [0.2, 0.25) is 0 Å². The van der Waals surface area contributed by atoms with Gasteiger partial charge in [-0.05, 0) is 27.7 Å². The van der Waals surface area contributed by atoms with Gasteiger partial charge in [0.25, 0.3) is 0 Å². The van der Waals surface area contributed by atoms with Gasteiger partial charge >= 0.3 is 12.1 Å². The Bertz CT molecular complexity index is 465. The summed E-state index contributed by atoms with van der Waals surface area (Å²) in [5.74, 6) is -1.07. The van der Waals surface area contributed by atoms with Gasteiger partial charge in [0.1, 0.15) is 10.6 Å². The zero-order valence-electron chi connectivity index (χ0n) is 11.5. The molecule has 7 heteroatoms. The molecule has 1 amide bonds. The van der Waals surface area contributed by atoms with Gasteiger partial charge in [-0.25, -0.2) is 14.6 Å². The summed E-state index contributed by atoms with van der Waals surface area (Å²) < 4.78 is 5.26. The van der Waals surface area contributed by atoms with Crippen LogP contribution in [0.4, 0.5) is 4.79 Å². The molecule has 0 radical (unpaired) electrons. The minimum atomic E-state index is -1.07. The fourth-order valence-corrected chi connectivity index (χ4v) is 2.06. The highest BCUT2D eigenvalue weighted by atomic mass is 32.1. The van der Waals surface area contributed by atoms with E-state index in [0.29, 0.717) is 11.6 Å². The van der Waals surface area contributed by atoms with E-state index in [2.05, 4.69) is 4.98 Å². The Balaban J connectivity index is 2.70. The third kappa shape index (κ3) is 4.86. The molecule has 1 N–H and O–H groups in total. The zero-order chi connectivity index (χ0) is 14.6. The Kier molecular flexibility index (Phi) is 4.88. The van der Waals surface area contributed by atoms with Crippen molar-refractivity contribution in [1.82, 2.24) is 9.88 Å². The zero-order valence-corrected chi connectivity index (χ0v) is 12.3. The van der Waals surface area contributed by atoms with Gasteiger partial charge in [0.15, 0.2) is 5.69 Å². The van der Waals surface area contributed by atoms with E-state index in [9.17, 15) is 9.59 Å². The molecule has 0 aromatic carbocycles. The molecule has 0 fully saturated rings. The monoisotopic (exact) mass is 286 g/mol. The molecule has 0 unspecified atom stereocenters. The van der Waals surface area contributed by atoms with Gasteiger partial charge in [0.05, 0.1) is 6.54 Å². The van der Waals surface area contributed by atoms with E-state index < -0.39 is 17.7 Å². The molecule has 1 heterocycles. The van der Waals surface area contributed by atoms with E-state index in [1.165, 1.54) is 21.6 Å². The molecule has 1 rings (SSSR count). The van der Waals surface area contributed by atoms with Crippen LogP contribution in [0.25, 0.3) is 0 Å². The van der Waals surface area contributed by atoms with E-state index in [0.717, 1.165) is 0 Å². The standard InChI is InChI=1S/C12H18N2O4S/c1-5-14(11(17)18-12(2,3)4)6-9-13-8(7-19-9)10(15)16/h7H,5-6H2,1-4H3,(H,15,16). The first-order valence-electron chi connectivity index (χ1n) is 5.88. The summed E-state index contributed by atoms with van der Waals surface area (Å²) in [6, 6.07) is 0. The van der Waals surface area contributed by atoms with Gasteiger partial charge < -0.3 is 14.7 Å².